The van der Waals surface area contributed by atoms with Gasteiger partial charge in [-0.3, -0.25) is 4.98 Å². The van der Waals surface area contributed by atoms with Gasteiger partial charge in [-0.15, -0.1) is 0 Å². The maximum atomic E-state index is 13.9. The third-order valence-corrected chi connectivity index (χ3v) is 2.87. The van der Waals surface area contributed by atoms with Crippen LogP contribution in [0.2, 0.25) is 0 Å². The lowest BCUT2D eigenvalue weighted by Gasteiger charge is -2.20. The van der Waals surface area contributed by atoms with Gasteiger partial charge in [0.25, 0.3) is 0 Å². The molecule has 6 heteroatoms. The highest BCUT2D eigenvalue weighted by molar-refractivity contribution is 5.88. The molecule has 104 valence electrons. The smallest absolute Gasteiger partial charge is 0.338 e. The number of benzene rings is 1. The third-order valence-electron chi connectivity index (χ3n) is 2.87. The number of hydrogen-bond donors (Lipinski definition) is 1. The van der Waals surface area contributed by atoms with Crippen molar-refractivity contribution in [3.05, 3.63) is 59.4 Å². The van der Waals surface area contributed by atoms with E-state index in [1.165, 1.54) is 11.0 Å². The van der Waals surface area contributed by atoms with E-state index >= 15 is 0 Å². The second kappa shape index (κ2) is 5.64. The van der Waals surface area contributed by atoms with Gasteiger partial charge in [0, 0.05) is 26.0 Å². The van der Waals surface area contributed by atoms with Gasteiger partial charge in [0.15, 0.2) is 11.6 Å². The van der Waals surface area contributed by atoms with Gasteiger partial charge >= 0.3 is 5.97 Å². The molecule has 0 spiro atoms. The van der Waals surface area contributed by atoms with Gasteiger partial charge in [0.1, 0.15) is 0 Å². The zero-order chi connectivity index (χ0) is 14.7. The number of carboxylic acid groups (broad SMARTS) is 1. The van der Waals surface area contributed by atoms with E-state index in [4.69, 9.17) is 5.11 Å². The van der Waals surface area contributed by atoms with Crippen LogP contribution >= 0.6 is 0 Å². The van der Waals surface area contributed by atoms with Gasteiger partial charge in [0.05, 0.1) is 11.3 Å². The summed E-state index contributed by atoms with van der Waals surface area (Å²) < 4.78 is 27.5. The molecule has 0 bridgehead atoms. The molecule has 0 radical (unpaired) electrons. The summed E-state index contributed by atoms with van der Waals surface area (Å²) in [6.45, 7) is 0.352. The maximum Gasteiger partial charge on any atom is 0.338 e. The minimum Gasteiger partial charge on any atom is -0.478 e. The van der Waals surface area contributed by atoms with E-state index in [0.717, 1.165) is 11.6 Å². The Morgan fingerprint density at radius 3 is 2.45 bits per heavy atom. The van der Waals surface area contributed by atoms with Gasteiger partial charge in [-0.25, -0.2) is 13.6 Å². The van der Waals surface area contributed by atoms with Crippen LogP contribution in [-0.4, -0.2) is 23.1 Å². The molecule has 20 heavy (non-hydrogen) atoms. The van der Waals surface area contributed by atoms with Crippen LogP contribution in [0.4, 0.5) is 14.5 Å². The Bertz CT molecular complexity index is 633. The third kappa shape index (κ3) is 2.74. The average molecular weight is 278 g/mol. The molecule has 0 fully saturated rings. The van der Waals surface area contributed by atoms with E-state index in [2.05, 4.69) is 4.98 Å². The molecule has 1 aromatic heterocycles. The van der Waals surface area contributed by atoms with E-state index in [9.17, 15) is 13.6 Å². The second-order valence-corrected chi connectivity index (χ2v) is 4.28. The minimum absolute atomic E-state index is 0.00399. The Morgan fingerprint density at radius 2 is 1.85 bits per heavy atom. The summed E-state index contributed by atoms with van der Waals surface area (Å²) in [6, 6.07) is 5.83. The molecule has 1 aromatic carbocycles. The first-order chi connectivity index (χ1) is 9.50. The Morgan fingerprint density at radius 1 is 1.20 bits per heavy atom. The average Bonchev–Trinajstić information content (AvgIpc) is 2.42. The second-order valence-electron chi connectivity index (χ2n) is 4.28. The summed E-state index contributed by atoms with van der Waals surface area (Å²) >= 11 is 0. The van der Waals surface area contributed by atoms with E-state index < -0.39 is 23.2 Å². The molecular formula is C14H12F2N2O2. The summed E-state index contributed by atoms with van der Waals surface area (Å²) in [5.74, 6) is -4.01. The van der Waals surface area contributed by atoms with Crippen molar-refractivity contribution < 1.29 is 18.7 Å². The van der Waals surface area contributed by atoms with Crippen molar-refractivity contribution in [2.75, 3.05) is 11.9 Å². The highest BCUT2D eigenvalue weighted by Crippen LogP contribution is 2.24. The molecule has 1 N–H and O–H groups in total. The van der Waals surface area contributed by atoms with Gasteiger partial charge in [0.2, 0.25) is 0 Å². The lowest BCUT2D eigenvalue weighted by Crippen LogP contribution is -2.19. The number of aromatic nitrogens is 1. The molecule has 0 amide bonds. The SMILES string of the molecule is CN(Cc1ccncc1)c1ccc(C(=O)O)c(F)c1F. The molecule has 0 aliphatic heterocycles. The number of pyridine rings is 1. The molecule has 0 atom stereocenters. The molecule has 0 saturated carbocycles. The van der Waals surface area contributed by atoms with Crippen LogP contribution in [-0.2, 0) is 6.54 Å². The van der Waals surface area contributed by atoms with E-state index in [-0.39, 0.29) is 5.69 Å². The quantitative estimate of drug-likeness (QED) is 0.934. The fourth-order valence-electron chi connectivity index (χ4n) is 1.85. The molecule has 2 rings (SSSR count). The van der Waals surface area contributed by atoms with E-state index in [1.54, 1.807) is 31.6 Å². The number of aromatic carboxylic acids is 1. The summed E-state index contributed by atoms with van der Waals surface area (Å²) in [4.78, 5) is 16.1. The van der Waals surface area contributed by atoms with Crippen LogP contribution in [0.5, 0.6) is 0 Å². The van der Waals surface area contributed by atoms with Crippen LogP contribution in [0.1, 0.15) is 15.9 Å². The Kier molecular flexibility index (Phi) is 3.93. The number of anilines is 1. The molecule has 0 unspecified atom stereocenters. The fraction of sp³-hybridized carbons (Fsp3) is 0.143. The fourth-order valence-corrected chi connectivity index (χ4v) is 1.85. The van der Waals surface area contributed by atoms with E-state index in [0.29, 0.717) is 6.54 Å². The van der Waals surface area contributed by atoms with Gasteiger partial charge in [-0.1, -0.05) is 0 Å². The molecule has 0 aliphatic carbocycles. The van der Waals surface area contributed by atoms with Crippen molar-refractivity contribution in [2.45, 2.75) is 6.54 Å². The van der Waals surface area contributed by atoms with Crippen molar-refractivity contribution in [3.8, 4) is 0 Å². The maximum absolute atomic E-state index is 13.9. The topological polar surface area (TPSA) is 53.4 Å². The molecule has 4 nitrogen and oxygen atoms in total. The summed E-state index contributed by atoms with van der Waals surface area (Å²) in [5.41, 5.74) is 0.206. The van der Waals surface area contributed by atoms with Crippen molar-refractivity contribution in [2.24, 2.45) is 0 Å². The normalized spacial score (nSPS) is 10.3. The molecular weight excluding hydrogens is 266 g/mol. The van der Waals surface area contributed by atoms with Crippen LogP contribution in [0.15, 0.2) is 36.7 Å². The van der Waals surface area contributed by atoms with E-state index in [1.807, 2.05) is 0 Å². The van der Waals surface area contributed by atoms with Crippen LogP contribution < -0.4 is 4.90 Å². The Balaban J connectivity index is 2.29. The zero-order valence-electron chi connectivity index (χ0n) is 10.7. The first-order valence-electron chi connectivity index (χ1n) is 5.82. The van der Waals surface area contributed by atoms with Gasteiger partial charge in [-0.05, 0) is 29.8 Å². The van der Waals surface area contributed by atoms with Crippen LogP contribution in [0.25, 0.3) is 0 Å². The largest absolute Gasteiger partial charge is 0.478 e. The highest BCUT2D eigenvalue weighted by atomic mass is 19.2. The minimum atomic E-state index is -1.50. The highest BCUT2D eigenvalue weighted by Gasteiger charge is 2.19. The lowest BCUT2D eigenvalue weighted by molar-refractivity contribution is 0.0690. The summed E-state index contributed by atoms with van der Waals surface area (Å²) in [7, 11) is 1.60. The summed E-state index contributed by atoms with van der Waals surface area (Å²) in [6.07, 6.45) is 3.21. The van der Waals surface area contributed by atoms with Gasteiger partial charge < -0.3 is 10.0 Å². The number of hydrogen-bond acceptors (Lipinski definition) is 3. The monoisotopic (exact) mass is 278 g/mol. The van der Waals surface area contributed by atoms with Gasteiger partial charge in [-0.2, -0.15) is 0 Å². The number of nitrogens with zero attached hydrogens (tertiary/aromatic N) is 2. The van der Waals surface area contributed by atoms with Crippen molar-refractivity contribution >= 4 is 11.7 Å². The Labute approximate surface area is 114 Å². The predicted molar refractivity (Wildman–Crippen MR) is 69.7 cm³/mol. The summed E-state index contributed by atoms with van der Waals surface area (Å²) in [5, 5.41) is 8.73. The lowest BCUT2D eigenvalue weighted by atomic mass is 10.1. The molecule has 2 aromatic rings. The number of rotatable bonds is 4. The predicted octanol–water partition coefficient (Wildman–Crippen LogP) is 2.69. The number of halogens is 2. The standard InChI is InChI=1S/C14H12F2N2O2/c1-18(8-9-4-6-17-7-5-9)11-3-2-10(14(19)20)12(15)13(11)16/h2-7H,8H2,1H3,(H,19,20). The van der Waals surface area contributed by atoms with Crippen molar-refractivity contribution in [1.29, 1.82) is 0 Å². The van der Waals surface area contributed by atoms with Crippen LogP contribution in [0.3, 0.4) is 0 Å². The first-order valence-corrected chi connectivity index (χ1v) is 5.82. The van der Waals surface area contributed by atoms with Crippen molar-refractivity contribution in [1.82, 2.24) is 4.98 Å². The first kappa shape index (κ1) is 13.9. The molecule has 1 heterocycles. The van der Waals surface area contributed by atoms with Crippen LogP contribution in [0, 0.1) is 11.6 Å². The number of carboxylic acids is 1. The Hall–Kier alpha value is -2.50. The van der Waals surface area contributed by atoms with Crippen molar-refractivity contribution in [3.63, 3.8) is 0 Å². The number of carbonyl (C=O) groups is 1. The molecule has 0 aliphatic rings. The molecule has 0 saturated heterocycles. The zero-order valence-corrected chi connectivity index (χ0v) is 10.7.